The molecular formula is C14H11S. The fourth-order valence-electron chi connectivity index (χ4n) is 1.36. The molecule has 2 rings (SSSR count). The van der Waals surface area contributed by atoms with Crippen LogP contribution < -0.4 is 0 Å². The summed E-state index contributed by atoms with van der Waals surface area (Å²) in [7, 11) is 0. The lowest BCUT2D eigenvalue weighted by Gasteiger charge is -1.82. The van der Waals surface area contributed by atoms with E-state index in [9.17, 15) is 0 Å². The second kappa shape index (κ2) is 4.76. The highest BCUT2D eigenvalue weighted by atomic mass is 32.1. The van der Waals surface area contributed by atoms with Crippen molar-refractivity contribution < 1.29 is 0 Å². The number of hydrogen-bond donors (Lipinski definition) is 0. The fourth-order valence-corrected chi connectivity index (χ4v) is 2.34. The van der Waals surface area contributed by atoms with E-state index in [0.29, 0.717) is 0 Å². The SMILES string of the molecule is [CH]=CC=CC=Cc1cc2ccccc2s1. The van der Waals surface area contributed by atoms with Crippen molar-refractivity contribution >= 4 is 27.5 Å². The zero-order valence-corrected chi connectivity index (χ0v) is 9.08. The predicted octanol–water partition coefficient (Wildman–Crippen LogP) is 4.46. The summed E-state index contributed by atoms with van der Waals surface area (Å²) in [6.45, 7) is 5.23. The smallest absolute Gasteiger partial charge is 0.0349 e. The Kier molecular flexibility index (Phi) is 3.15. The molecule has 0 aliphatic carbocycles. The van der Waals surface area contributed by atoms with Gasteiger partial charge in [0.25, 0.3) is 0 Å². The topological polar surface area (TPSA) is 0 Å². The van der Waals surface area contributed by atoms with Gasteiger partial charge in [-0.05, 0) is 23.6 Å². The maximum Gasteiger partial charge on any atom is 0.0349 e. The van der Waals surface area contributed by atoms with Gasteiger partial charge in [0.05, 0.1) is 0 Å². The molecule has 0 saturated carbocycles. The molecular weight excluding hydrogens is 200 g/mol. The van der Waals surface area contributed by atoms with E-state index in [-0.39, 0.29) is 0 Å². The Bertz CT molecular complexity index is 482. The number of benzene rings is 1. The minimum absolute atomic E-state index is 1.26. The van der Waals surface area contributed by atoms with Crippen LogP contribution in [0.25, 0.3) is 16.2 Å². The maximum atomic E-state index is 5.23. The largest absolute Gasteiger partial charge is 0.136 e. The van der Waals surface area contributed by atoms with Crippen LogP contribution in [-0.2, 0) is 0 Å². The minimum atomic E-state index is 1.26. The van der Waals surface area contributed by atoms with Gasteiger partial charge < -0.3 is 0 Å². The molecule has 0 amide bonds. The van der Waals surface area contributed by atoms with E-state index in [1.54, 1.807) is 11.3 Å². The zero-order chi connectivity index (χ0) is 10.5. The van der Waals surface area contributed by atoms with E-state index in [0.717, 1.165) is 0 Å². The molecule has 1 heteroatoms. The molecule has 0 aliphatic heterocycles. The Labute approximate surface area is 93.9 Å². The summed E-state index contributed by atoms with van der Waals surface area (Å²) in [5, 5.41) is 1.30. The Morgan fingerprint density at radius 3 is 2.73 bits per heavy atom. The van der Waals surface area contributed by atoms with E-state index >= 15 is 0 Å². The molecule has 0 saturated heterocycles. The molecule has 0 atom stereocenters. The van der Waals surface area contributed by atoms with Crippen LogP contribution in [0.4, 0.5) is 0 Å². The van der Waals surface area contributed by atoms with Gasteiger partial charge in [0.15, 0.2) is 0 Å². The highest BCUT2D eigenvalue weighted by Crippen LogP contribution is 2.25. The van der Waals surface area contributed by atoms with Gasteiger partial charge in [-0.2, -0.15) is 0 Å². The molecule has 0 spiro atoms. The standard InChI is InChI=1S/C14H11S/c1-2-3-4-5-9-13-11-12-8-6-7-10-14(12)15-13/h1-11H. The van der Waals surface area contributed by atoms with Crippen molar-refractivity contribution in [2.45, 2.75) is 0 Å². The molecule has 1 radical (unpaired) electrons. The van der Waals surface area contributed by atoms with Crippen molar-refractivity contribution in [3.05, 3.63) is 66.1 Å². The first-order valence-corrected chi connectivity index (χ1v) is 5.58. The van der Waals surface area contributed by atoms with Crippen LogP contribution in [0.2, 0.25) is 0 Å². The van der Waals surface area contributed by atoms with Gasteiger partial charge in [-0.3, -0.25) is 0 Å². The molecule has 73 valence electrons. The number of fused-ring (bicyclic) bond motifs is 1. The van der Waals surface area contributed by atoms with Gasteiger partial charge in [0, 0.05) is 9.58 Å². The molecule has 2 aromatic rings. The summed E-state index contributed by atoms with van der Waals surface area (Å²) >= 11 is 1.79. The first kappa shape index (κ1) is 9.94. The van der Waals surface area contributed by atoms with Crippen molar-refractivity contribution in [1.82, 2.24) is 0 Å². The third kappa shape index (κ3) is 2.45. The molecule has 15 heavy (non-hydrogen) atoms. The third-order valence-corrected chi connectivity index (χ3v) is 3.12. The van der Waals surface area contributed by atoms with E-state index in [2.05, 4.69) is 36.4 Å². The van der Waals surface area contributed by atoms with E-state index in [4.69, 9.17) is 6.58 Å². The second-order valence-corrected chi connectivity index (χ2v) is 4.24. The summed E-state index contributed by atoms with van der Waals surface area (Å²) < 4.78 is 1.33. The molecule has 1 heterocycles. The molecule has 0 N–H and O–H groups in total. The van der Waals surface area contributed by atoms with Gasteiger partial charge >= 0.3 is 0 Å². The van der Waals surface area contributed by atoms with Crippen LogP contribution in [0.1, 0.15) is 4.88 Å². The number of rotatable bonds is 3. The van der Waals surface area contributed by atoms with Gasteiger partial charge in [-0.25, -0.2) is 0 Å². The van der Waals surface area contributed by atoms with Gasteiger partial charge in [-0.15, -0.1) is 11.3 Å². The summed E-state index contributed by atoms with van der Waals surface area (Å²) in [6, 6.07) is 10.6. The van der Waals surface area contributed by atoms with Crippen LogP contribution in [0.5, 0.6) is 0 Å². The van der Waals surface area contributed by atoms with Crippen LogP contribution in [0.3, 0.4) is 0 Å². The zero-order valence-electron chi connectivity index (χ0n) is 8.26. The second-order valence-electron chi connectivity index (χ2n) is 3.12. The van der Waals surface area contributed by atoms with Crippen LogP contribution >= 0.6 is 11.3 Å². The third-order valence-electron chi connectivity index (χ3n) is 2.04. The summed E-state index contributed by atoms with van der Waals surface area (Å²) in [4.78, 5) is 1.26. The molecule has 0 nitrogen and oxygen atoms in total. The number of hydrogen-bond acceptors (Lipinski definition) is 1. The molecule has 0 fully saturated rings. The van der Waals surface area contributed by atoms with E-state index in [1.807, 2.05) is 18.2 Å². The quantitative estimate of drug-likeness (QED) is 0.657. The first-order valence-electron chi connectivity index (χ1n) is 4.77. The molecule has 0 unspecified atom stereocenters. The summed E-state index contributed by atoms with van der Waals surface area (Å²) in [6.07, 6.45) is 9.34. The van der Waals surface area contributed by atoms with Gasteiger partial charge in [0.2, 0.25) is 0 Å². The lowest BCUT2D eigenvalue weighted by molar-refractivity contribution is 1.85. The van der Waals surface area contributed by atoms with E-state index < -0.39 is 0 Å². The highest BCUT2D eigenvalue weighted by molar-refractivity contribution is 7.19. The summed E-state index contributed by atoms with van der Waals surface area (Å²) in [5.41, 5.74) is 0. The highest BCUT2D eigenvalue weighted by Gasteiger charge is 1.96. The minimum Gasteiger partial charge on any atom is -0.136 e. The van der Waals surface area contributed by atoms with Crippen LogP contribution in [0.15, 0.2) is 54.6 Å². The van der Waals surface area contributed by atoms with Crippen LogP contribution in [-0.4, -0.2) is 0 Å². The average molecular weight is 211 g/mol. The maximum absolute atomic E-state index is 5.23. The monoisotopic (exact) mass is 211 g/mol. The van der Waals surface area contributed by atoms with Crippen molar-refractivity contribution in [2.75, 3.05) is 0 Å². The van der Waals surface area contributed by atoms with Crippen molar-refractivity contribution in [2.24, 2.45) is 0 Å². The van der Waals surface area contributed by atoms with Crippen molar-refractivity contribution in [3.63, 3.8) is 0 Å². The van der Waals surface area contributed by atoms with Crippen molar-refractivity contribution in [1.29, 1.82) is 0 Å². The van der Waals surface area contributed by atoms with Gasteiger partial charge in [0.1, 0.15) is 0 Å². The van der Waals surface area contributed by atoms with Gasteiger partial charge in [-0.1, -0.05) is 49.1 Å². The molecule has 1 aromatic heterocycles. The Hall–Kier alpha value is -1.60. The normalized spacial score (nSPS) is 11.7. The molecule has 0 aliphatic rings. The average Bonchev–Trinajstić information content (AvgIpc) is 2.67. The Morgan fingerprint density at radius 2 is 1.93 bits per heavy atom. The fraction of sp³-hybridized carbons (Fsp3) is 0. The Morgan fingerprint density at radius 1 is 1.07 bits per heavy atom. The molecule has 1 aromatic carbocycles. The van der Waals surface area contributed by atoms with E-state index in [1.165, 1.54) is 21.0 Å². The first-order chi connectivity index (χ1) is 7.40. The predicted molar refractivity (Wildman–Crippen MR) is 68.9 cm³/mol. The Balaban J connectivity index is 2.25. The number of allylic oxidation sites excluding steroid dienone is 4. The number of thiophene rings is 1. The van der Waals surface area contributed by atoms with Crippen molar-refractivity contribution in [3.8, 4) is 0 Å². The lowest BCUT2D eigenvalue weighted by Crippen LogP contribution is -1.57. The summed E-state index contributed by atoms with van der Waals surface area (Å²) in [5.74, 6) is 0. The molecule has 0 bridgehead atoms. The lowest BCUT2D eigenvalue weighted by atomic mass is 10.2. The van der Waals surface area contributed by atoms with Crippen LogP contribution in [0, 0.1) is 6.58 Å².